The predicted molar refractivity (Wildman–Crippen MR) is 158 cm³/mol. The van der Waals surface area contributed by atoms with Gasteiger partial charge in [0.05, 0.1) is 16.9 Å². The van der Waals surface area contributed by atoms with Gasteiger partial charge in [-0.25, -0.2) is 24.4 Å². The Labute approximate surface area is 232 Å². The summed E-state index contributed by atoms with van der Waals surface area (Å²) in [6, 6.07) is 18.3. The fourth-order valence-corrected chi connectivity index (χ4v) is 4.01. The highest BCUT2D eigenvalue weighted by atomic mass is 16.5. The van der Waals surface area contributed by atoms with Crippen molar-refractivity contribution in [3.05, 3.63) is 85.1 Å². The van der Waals surface area contributed by atoms with E-state index in [1.54, 1.807) is 47.4 Å². The van der Waals surface area contributed by atoms with Gasteiger partial charge in [0.25, 0.3) is 0 Å². The molecule has 40 heavy (non-hydrogen) atoms. The Balaban J connectivity index is 1.30. The number of rotatable bonds is 7. The molecule has 0 atom stereocenters. The Kier molecular flexibility index (Phi) is 7.33. The van der Waals surface area contributed by atoms with Crippen molar-refractivity contribution in [3.8, 4) is 17.2 Å². The number of hydrogen-bond acceptors (Lipinski definition) is 7. The van der Waals surface area contributed by atoms with E-state index in [0.29, 0.717) is 23.0 Å². The first-order valence-electron chi connectivity index (χ1n) is 13.0. The summed E-state index contributed by atoms with van der Waals surface area (Å²) in [7, 11) is 0. The summed E-state index contributed by atoms with van der Waals surface area (Å²) < 4.78 is 7.68. The zero-order valence-electron chi connectivity index (χ0n) is 23.1. The quantitative estimate of drug-likeness (QED) is 0.210. The molecule has 0 fully saturated rings. The number of hydrogen-bond donors (Lipinski definition) is 3. The van der Waals surface area contributed by atoms with Crippen LogP contribution in [0.3, 0.4) is 0 Å². The van der Waals surface area contributed by atoms with Crippen LogP contribution in [0.25, 0.3) is 16.6 Å². The SMILES string of the molecule is CC(C)Nc1cc(Oc2ccc(NC(=O)Nc3cc(C(C)(C)C)nn3-c3ccc4ncncc4c3)cc2)ccn1. The van der Waals surface area contributed by atoms with Gasteiger partial charge < -0.3 is 15.4 Å². The molecule has 204 valence electrons. The summed E-state index contributed by atoms with van der Waals surface area (Å²) in [5, 5.41) is 14.8. The Morgan fingerprint density at radius 2 is 1.73 bits per heavy atom. The molecule has 5 rings (SSSR count). The number of amides is 2. The van der Waals surface area contributed by atoms with Gasteiger partial charge in [-0.1, -0.05) is 20.8 Å². The van der Waals surface area contributed by atoms with Crippen molar-refractivity contribution in [3.63, 3.8) is 0 Å². The van der Waals surface area contributed by atoms with E-state index in [4.69, 9.17) is 9.84 Å². The lowest BCUT2D eigenvalue weighted by Gasteiger charge is -2.14. The van der Waals surface area contributed by atoms with Crippen LogP contribution in [0.2, 0.25) is 0 Å². The fraction of sp³-hybridized carbons (Fsp3) is 0.233. The minimum Gasteiger partial charge on any atom is -0.457 e. The molecule has 0 saturated heterocycles. The van der Waals surface area contributed by atoms with Crippen molar-refractivity contribution in [2.45, 2.75) is 46.1 Å². The summed E-state index contributed by atoms with van der Waals surface area (Å²) in [6.45, 7) is 10.3. The molecule has 0 radical (unpaired) electrons. The number of nitrogens with zero attached hydrogens (tertiary/aromatic N) is 5. The van der Waals surface area contributed by atoms with E-state index in [-0.39, 0.29) is 11.5 Å². The molecule has 0 saturated carbocycles. The molecule has 0 aliphatic carbocycles. The van der Waals surface area contributed by atoms with Crippen LogP contribution in [-0.2, 0) is 5.41 Å². The molecule has 3 heterocycles. The largest absolute Gasteiger partial charge is 0.457 e. The number of fused-ring (bicyclic) bond motifs is 1. The van der Waals surface area contributed by atoms with Gasteiger partial charge in [0.2, 0.25) is 0 Å². The lowest BCUT2D eigenvalue weighted by Crippen LogP contribution is -2.21. The van der Waals surface area contributed by atoms with Gasteiger partial charge in [-0.3, -0.25) is 5.32 Å². The van der Waals surface area contributed by atoms with Gasteiger partial charge in [-0.15, -0.1) is 0 Å². The number of anilines is 3. The molecular weight excluding hydrogens is 504 g/mol. The molecule has 10 heteroatoms. The van der Waals surface area contributed by atoms with Gasteiger partial charge in [0.1, 0.15) is 29.5 Å². The number of carbonyl (C=O) groups excluding carboxylic acids is 1. The maximum Gasteiger partial charge on any atom is 0.324 e. The van der Waals surface area contributed by atoms with Gasteiger partial charge in [0, 0.05) is 47.1 Å². The molecular formula is C30H32N8O2. The average Bonchev–Trinajstić information content (AvgIpc) is 3.34. The first-order valence-corrected chi connectivity index (χ1v) is 13.0. The van der Waals surface area contributed by atoms with Gasteiger partial charge in [0.15, 0.2) is 0 Å². The normalized spacial score (nSPS) is 11.4. The van der Waals surface area contributed by atoms with Crippen LogP contribution in [0.1, 0.15) is 40.3 Å². The third-order valence-electron chi connectivity index (χ3n) is 5.97. The molecule has 3 N–H and O–H groups in total. The van der Waals surface area contributed by atoms with Crippen molar-refractivity contribution >= 4 is 34.3 Å². The summed E-state index contributed by atoms with van der Waals surface area (Å²) in [5.41, 5.74) is 2.87. The summed E-state index contributed by atoms with van der Waals surface area (Å²) >= 11 is 0. The fourth-order valence-electron chi connectivity index (χ4n) is 4.01. The minimum atomic E-state index is -0.391. The van der Waals surface area contributed by atoms with Gasteiger partial charge in [-0.2, -0.15) is 5.10 Å². The number of aromatic nitrogens is 5. The zero-order valence-corrected chi connectivity index (χ0v) is 23.1. The van der Waals surface area contributed by atoms with E-state index in [9.17, 15) is 4.79 Å². The Morgan fingerprint density at radius 3 is 2.48 bits per heavy atom. The topological polar surface area (TPSA) is 119 Å². The Bertz CT molecular complexity index is 1640. The predicted octanol–water partition coefficient (Wildman–Crippen LogP) is 6.76. The second-order valence-electron chi connectivity index (χ2n) is 10.7. The first kappa shape index (κ1) is 26.6. The zero-order chi connectivity index (χ0) is 28.3. The van der Waals surface area contributed by atoms with Crippen molar-refractivity contribution in [2.75, 3.05) is 16.0 Å². The molecule has 0 unspecified atom stereocenters. The van der Waals surface area contributed by atoms with Crippen LogP contribution in [0, 0.1) is 0 Å². The maximum atomic E-state index is 13.0. The van der Waals surface area contributed by atoms with Crippen LogP contribution in [0.15, 0.2) is 79.4 Å². The monoisotopic (exact) mass is 536 g/mol. The molecule has 0 aliphatic heterocycles. The minimum absolute atomic E-state index is 0.214. The summed E-state index contributed by atoms with van der Waals surface area (Å²) in [6.07, 6.45) is 4.97. The van der Waals surface area contributed by atoms with Crippen LogP contribution in [0.4, 0.5) is 22.1 Å². The van der Waals surface area contributed by atoms with Crippen LogP contribution in [0.5, 0.6) is 11.5 Å². The number of ether oxygens (including phenoxy) is 1. The van der Waals surface area contributed by atoms with Crippen LogP contribution >= 0.6 is 0 Å². The molecule has 0 aliphatic rings. The number of urea groups is 1. The molecule has 5 aromatic rings. The highest BCUT2D eigenvalue weighted by molar-refractivity contribution is 5.99. The van der Waals surface area contributed by atoms with Crippen molar-refractivity contribution in [1.29, 1.82) is 0 Å². The number of pyridine rings is 1. The Morgan fingerprint density at radius 1 is 0.925 bits per heavy atom. The van der Waals surface area contributed by atoms with Gasteiger partial charge in [-0.05, 0) is 62.4 Å². The lowest BCUT2D eigenvalue weighted by molar-refractivity contribution is 0.262. The number of nitrogens with one attached hydrogen (secondary N) is 3. The lowest BCUT2D eigenvalue weighted by atomic mass is 9.92. The van der Waals surface area contributed by atoms with Crippen LogP contribution < -0.4 is 20.7 Å². The number of carbonyl (C=O) groups is 1. The van der Waals surface area contributed by atoms with E-state index >= 15 is 0 Å². The van der Waals surface area contributed by atoms with E-state index in [0.717, 1.165) is 28.1 Å². The van der Waals surface area contributed by atoms with Gasteiger partial charge >= 0.3 is 6.03 Å². The number of benzene rings is 2. The molecule has 10 nitrogen and oxygen atoms in total. The first-order chi connectivity index (χ1) is 19.1. The highest BCUT2D eigenvalue weighted by Crippen LogP contribution is 2.28. The third kappa shape index (κ3) is 6.35. The highest BCUT2D eigenvalue weighted by Gasteiger charge is 2.22. The molecule has 2 aromatic carbocycles. The van der Waals surface area contributed by atoms with Crippen LogP contribution in [-0.4, -0.2) is 36.8 Å². The third-order valence-corrected chi connectivity index (χ3v) is 5.97. The molecule has 2 amide bonds. The van der Waals surface area contributed by atoms with E-state index < -0.39 is 6.03 Å². The molecule has 0 spiro atoms. The van der Waals surface area contributed by atoms with E-state index in [1.807, 2.05) is 44.2 Å². The standard InChI is InChI=1S/C30H32N8O2/c1-19(2)34-27-15-24(12-13-32-27)40-23-9-6-21(7-10-23)35-29(39)36-28-16-26(30(3,4)5)37-38(28)22-8-11-25-20(14-22)17-31-18-33-25/h6-19H,1-5H3,(H,32,34)(H2,35,36,39). The second kappa shape index (κ2) is 11.0. The Hall–Kier alpha value is -4.99. The summed E-state index contributed by atoms with van der Waals surface area (Å²) in [4.78, 5) is 25.7. The van der Waals surface area contributed by atoms with Crippen molar-refractivity contribution in [2.24, 2.45) is 0 Å². The van der Waals surface area contributed by atoms with Crippen molar-refractivity contribution in [1.82, 2.24) is 24.7 Å². The maximum absolute atomic E-state index is 13.0. The summed E-state index contributed by atoms with van der Waals surface area (Å²) in [5.74, 6) is 2.59. The molecule has 0 bridgehead atoms. The second-order valence-corrected chi connectivity index (χ2v) is 10.7. The van der Waals surface area contributed by atoms with E-state index in [1.165, 1.54) is 6.33 Å². The average molecular weight is 537 g/mol. The molecule has 3 aromatic heterocycles. The van der Waals surface area contributed by atoms with Crippen molar-refractivity contribution < 1.29 is 9.53 Å². The smallest absolute Gasteiger partial charge is 0.324 e. The van der Waals surface area contributed by atoms with E-state index in [2.05, 4.69) is 51.7 Å².